The Morgan fingerprint density at radius 1 is 1.44 bits per heavy atom. The lowest BCUT2D eigenvalue weighted by Gasteiger charge is -2.19. The van der Waals surface area contributed by atoms with Crippen LogP contribution in [0.4, 0.5) is 5.69 Å². The number of anilines is 1. The molecule has 0 saturated heterocycles. The van der Waals surface area contributed by atoms with Crippen molar-refractivity contribution in [2.45, 2.75) is 24.9 Å². The molecule has 4 N–H and O–H groups in total. The number of ether oxygens (including phenoxy) is 1. The van der Waals surface area contributed by atoms with Gasteiger partial charge in [-0.15, -0.1) is 0 Å². The van der Waals surface area contributed by atoms with E-state index < -0.39 is 0 Å². The summed E-state index contributed by atoms with van der Waals surface area (Å²) < 4.78 is 5.31. The molecule has 96 valence electrons. The van der Waals surface area contributed by atoms with E-state index in [2.05, 4.69) is 10.6 Å². The molecule has 1 amide bonds. The molecule has 1 heterocycles. The summed E-state index contributed by atoms with van der Waals surface area (Å²) in [5.74, 6) is 0.627. The van der Waals surface area contributed by atoms with Gasteiger partial charge in [0.25, 0.3) is 5.91 Å². The minimum absolute atomic E-state index is 0.0194. The van der Waals surface area contributed by atoms with Crippen LogP contribution in [0.2, 0.25) is 0 Å². The van der Waals surface area contributed by atoms with E-state index in [0.717, 1.165) is 42.9 Å². The summed E-state index contributed by atoms with van der Waals surface area (Å²) in [5, 5.41) is 6.15. The second-order valence-electron chi connectivity index (χ2n) is 5.13. The fourth-order valence-corrected chi connectivity index (χ4v) is 2.03. The minimum Gasteiger partial charge on any atom is -0.482 e. The lowest BCUT2D eigenvalue weighted by Crippen LogP contribution is -2.35. The Kier molecular flexibility index (Phi) is 2.72. The van der Waals surface area contributed by atoms with Crippen molar-refractivity contribution in [3.8, 4) is 5.75 Å². The molecular weight excluding hydrogens is 230 g/mol. The number of nitrogens with one attached hydrogen (secondary N) is 2. The third kappa shape index (κ3) is 2.47. The van der Waals surface area contributed by atoms with Gasteiger partial charge >= 0.3 is 0 Å². The van der Waals surface area contributed by atoms with Crippen molar-refractivity contribution in [2.75, 3.05) is 18.5 Å². The molecule has 18 heavy (non-hydrogen) atoms. The van der Waals surface area contributed by atoms with E-state index in [1.54, 1.807) is 0 Å². The number of amides is 1. The van der Waals surface area contributed by atoms with Crippen molar-refractivity contribution in [1.82, 2.24) is 5.32 Å². The van der Waals surface area contributed by atoms with Gasteiger partial charge in [0.05, 0.1) is 5.69 Å². The fraction of sp³-hybridized carbons (Fsp3) is 0.462. The van der Waals surface area contributed by atoms with Gasteiger partial charge in [0.2, 0.25) is 0 Å². The Labute approximate surface area is 106 Å². The Hall–Kier alpha value is -1.59. The van der Waals surface area contributed by atoms with Gasteiger partial charge in [-0.2, -0.15) is 0 Å². The Morgan fingerprint density at radius 3 is 3.06 bits per heavy atom. The smallest absolute Gasteiger partial charge is 0.262 e. The monoisotopic (exact) mass is 247 g/mol. The second kappa shape index (κ2) is 4.26. The van der Waals surface area contributed by atoms with Crippen molar-refractivity contribution < 1.29 is 9.53 Å². The molecular formula is C13H17N3O2. The fourth-order valence-electron chi connectivity index (χ4n) is 2.03. The maximum atomic E-state index is 11.2. The van der Waals surface area contributed by atoms with E-state index in [1.807, 2.05) is 18.2 Å². The molecule has 5 heteroatoms. The number of hydrogen-bond acceptors (Lipinski definition) is 4. The number of rotatable bonds is 4. The van der Waals surface area contributed by atoms with Crippen LogP contribution in [0.25, 0.3) is 0 Å². The molecule has 5 nitrogen and oxygen atoms in total. The van der Waals surface area contributed by atoms with Crippen LogP contribution in [0.3, 0.4) is 0 Å². The van der Waals surface area contributed by atoms with Gasteiger partial charge in [0, 0.05) is 18.6 Å². The van der Waals surface area contributed by atoms with E-state index in [0.29, 0.717) is 0 Å². The maximum absolute atomic E-state index is 11.2. The lowest BCUT2D eigenvalue weighted by atomic mass is 10.1. The lowest BCUT2D eigenvalue weighted by molar-refractivity contribution is -0.118. The maximum Gasteiger partial charge on any atom is 0.262 e. The van der Waals surface area contributed by atoms with Gasteiger partial charge in [0.1, 0.15) is 5.75 Å². The normalized spacial score (nSPS) is 19.7. The van der Waals surface area contributed by atoms with Crippen LogP contribution in [-0.4, -0.2) is 24.6 Å². The molecule has 1 aliphatic carbocycles. The molecule has 1 saturated carbocycles. The van der Waals surface area contributed by atoms with Gasteiger partial charge in [-0.25, -0.2) is 0 Å². The van der Waals surface area contributed by atoms with Gasteiger partial charge in [0.15, 0.2) is 6.61 Å². The third-order valence-corrected chi connectivity index (χ3v) is 3.38. The summed E-state index contributed by atoms with van der Waals surface area (Å²) in [4.78, 5) is 11.2. The molecule has 0 atom stereocenters. The number of benzene rings is 1. The number of carbonyl (C=O) groups is 1. The number of carbonyl (C=O) groups excluding carboxylic acids is 1. The zero-order valence-electron chi connectivity index (χ0n) is 10.2. The Bertz CT molecular complexity index is 483. The standard InChI is InChI=1S/C13H17N3O2/c14-13(3-4-13)8-15-6-9-1-2-11-10(5-9)16-12(17)7-18-11/h1-2,5,15H,3-4,6-8,14H2,(H,16,17). The average molecular weight is 247 g/mol. The Balaban J connectivity index is 1.62. The summed E-state index contributed by atoms with van der Waals surface area (Å²) in [6.45, 7) is 1.69. The third-order valence-electron chi connectivity index (χ3n) is 3.38. The van der Waals surface area contributed by atoms with Crippen molar-refractivity contribution in [2.24, 2.45) is 5.73 Å². The zero-order chi connectivity index (χ0) is 12.6. The minimum atomic E-state index is -0.105. The molecule has 0 bridgehead atoms. The highest BCUT2D eigenvalue weighted by atomic mass is 16.5. The molecule has 1 aromatic carbocycles. The summed E-state index contributed by atoms with van der Waals surface area (Å²) >= 11 is 0. The first-order valence-electron chi connectivity index (χ1n) is 6.20. The van der Waals surface area contributed by atoms with Crippen molar-refractivity contribution in [1.29, 1.82) is 0 Å². The van der Waals surface area contributed by atoms with E-state index in [-0.39, 0.29) is 18.1 Å². The summed E-state index contributed by atoms with van der Waals surface area (Å²) in [5.41, 5.74) is 7.88. The van der Waals surface area contributed by atoms with Crippen molar-refractivity contribution >= 4 is 11.6 Å². The SMILES string of the molecule is NC1(CNCc2ccc3c(c2)NC(=O)CO3)CC1. The summed E-state index contributed by atoms with van der Waals surface area (Å²) in [6, 6.07) is 5.83. The highest BCUT2D eigenvalue weighted by Gasteiger charge is 2.37. The van der Waals surface area contributed by atoms with Crippen LogP contribution in [-0.2, 0) is 11.3 Å². The zero-order valence-corrected chi connectivity index (χ0v) is 10.2. The van der Waals surface area contributed by atoms with Crippen molar-refractivity contribution in [3.05, 3.63) is 23.8 Å². The first-order chi connectivity index (χ1) is 8.65. The molecule has 0 spiro atoms. The summed E-state index contributed by atoms with van der Waals surface area (Å²) in [6.07, 6.45) is 2.21. The van der Waals surface area contributed by atoms with E-state index >= 15 is 0 Å². The highest BCUT2D eigenvalue weighted by molar-refractivity contribution is 5.95. The molecule has 2 aliphatic rings. The predicted octanol–water partition coefficient (Wildman–Crippen LogP) is 0.598. The van der Waals surface area contributed by atoms with E-state index in [1.165, 1.54) is 0 Å². The molecule has 0 radical (unpaired) electrons. The van der Waals surface area contributed by atoms with Crippen LogP contribution in [0, 0.1) is 0 Å². The first kappa shape index (κ1) is 11.5. The summed E-state index contributed by atoms with van der Waals surface area (Å²) in [7, 11) is 0. The van der Waals surface area contributed by atoms with Crippen LogP contribution in [0.1, 0.15) is 18.4 Å². The van der Waals surface area contributed by atoms with E-state index in [9.17, 15) is 4.79 Å². The highest BCUT2D eigenvalue weighted by Crippen LogP contribution is 2.31. The topological polar surface area (TPSA) is 76.4 Å². The molecule has 0 unspecified atom stereocenters. The van der Waals surface area contributed by atoms with Gasteiger partial charge < -0.3 is 21.1 Å². The first-order valence-corrected chi connectivity index (χ1v) is 6.20. The number of hydrogen-bond donors (Lipinski definition) is 3. The molecule has 1 aromatic rings. The Morgan fingerprint density at radius 2 is 2.28 bits per heavy atom. The quantitative estimate of drug-likeness (QED) is 0.728. The average Bonchev–Trinajstić information content (AvgIpc) is 3.07. The van der Waals surface area contributed by atoms with E-state index in [4.69, 9.17) is 10.5 Å². The molecule has 3 rings (SSSR count). The van der Waals surface area contributed by atoms with Gasteiger partial charge in [-0.05, 0) is 30.5 Å². The van der Waals surface area contributed by atoms with Gasteiger partial charge in [-0.3, -0.25) is 4.79 Å². The van der Waals surface area contributed by atoms with Crippen LogP contribution in [0.15, 0.2) is 18.2 Å². The molecule has 1 fully saturated rings. The number of fused-ring (bicyclic) bond motifs is 1. The predicted molar refractivity (Wildman–Crippen MR) is 68.4 cm³/mol. The number of nitrogens with two attached hydrogens (primary N) is 1. The largest absolute Gasteiger partial charge is 0.482 e. The van der Waals surface area contributed by atoms with Crippen molar-refractivity contribution in [3.63, 3.8) is 0 Å². The van der Waals surface area contributed by atoms with Crippen LogP contribution >= 0.6 is 0 Å². The second-order valence-corrected chi connectivity index (χ2v) is 5.13. The molecule has 1 aliphatic heterocycles. The van der Waals surface area contributed by atoms with Crippen LogP contribution < -0.4 is 21.1 Å². The molecule has 0 aromatic heterocycles. The van der Waals surface area contributed by atoms with Gasteiger partial charge in [-0.1, -0.05) is 6.07 Å². The van der Waals surface area contributed by atoms with Crippen LogP contribution in [0.5, 0.6) is 5.75 Å².